The monoisotopic (exact) mass is 290 g/mol. The average Bonchev–Trinajstić information content (AvgIpc) is 3.13. The standard InChI is InChI=1S/C16H14N6/c1-12-3-2-4-14(19-12)16-18-6-8-22(16)11-13-10-21-7-5-17-9-15(21)20-13/h2-10H,11H2,1H3. The predicted molar refractivity (Wildman–Crippen MR) is 82.3 cm³/mol. The molecule has 6 nitrogen and oxygen atoms in total. The van der Waals surface area contributed by atoms with Crippen LogP contribution in [0.4, 0.5) is 0 Å². The summed E-state index contributed by atoms with van der Waals surface area (Å²) in [6, 6.07) is 5.94. The van der Waals surface area contributed by atoms with Crippen LogP contribution in [0.25, 0.3) is 17.2 Å². The number of nitrogens with zero attached hydrogens (tertiary/aromatic N) is 6. The third-order valence-corrected chi connectivity index (χ3v) is 3.48. The van der Waals surface area contributed by atoms with Gasteiger partial charge >= 0.3 is 0 Å². The van der Waals surface area contributed by atoms with Crippen LogP contribution in [0.15, 0.2) is 55.4 Å². The predicted octanol–water partition coefficient (Wildman–Crippen LogP) is 2.34. The van der Waals surface area contributed by atoms with E-state index in [0.29, 0.717) is 6.54 Å². The van der Waals surface area contributed by atoms with Crippen molar-refractivity contribution in [2.45, 2.75) is 13.5 Å². The minimum Gasteiger partial charge on any atom is -0.324 e. The van der Waals surface area contributed by atoms with Gasteiger partial charge in [-0.3, -0.25) is 4.98 Å². The second-order valence-electron chi connectivity index (χ2n) is 5.12. The molecule has 0 unspecified atom stereocenters. The third-order valence-electron chi connectivity index (χ3n) is 3.48. The molecule has 0 radical (unpaired) electrons. The van der Waals surface area contributed by atoms with Gasteiger partial charge in [0, 0.05) is 36.7 Å². The Morgan fingerprint density at radius 2 is 2.05 bits per heavy atom. The van der Waals surface area contributed by atoms with E-state index in [4.69, 9.17) is 0 Å². The van der Waals surface area contributed by atoms with E-state index < -0.39 is 0 Å². The molecule has 0 amide bonds. The number of pyridine rings is 1. The van der Waals surface area contributed by atoms with Gasteiger partial charge in [-0.1, -0.05) is 6.07 Å². The number of imidazole rings is 2. The fourth-order valence-electron chi connectivity index (χ4n) is 2.48. The van der Waals surface area contributed by atoms with Gasteiger partial charge in [0.25, 0.3) is 0 Å². The molecule has 0 fully saturated rings. The summed E-state index contributed by atoms with van der Waals surface area (Å²) in [6.07, 6.45) is 11.1. The van der Waals surface area contributed by atoms with Gasteiger partial charge in [-0.15, -0.1) is 0 Å². The van der Waals surface area contributed by atoms with Crippen LogP contribution in [0.2, 0.25) is 0 Å². The Labute approximate surface area is 127 Å². The normalized spacial score (nSPS) is 11.1. The van der Waals surface area contributed by atoms with Gasteiger partial charge in [-0.2, -0.15) is 0 Å². The highest BCUT2D eigenvalue weighted by Crippen LogP contribution is 2.16. The van der Waals surface area contributed by atoms with E-state index in [-0.39, 0.29) is 0 Å². The summed E-state index contributed by atoms with van der Waals surface area (Å²) in [6.45, 7) is 2.62. The summed E-state index contributed by atoms with van der Waals surface area (Å²) < 4.78 is 4.01. The lowest BCUT2D eigenvalue weighted by molar-refractivity contribution is 0.785. The Morgan fingerprint density at radius 3 is 2.91 bits per heavy atom. The zero-order chi connectivity index (χ0) is 14.9. The van der Waals surface area contributed by atoms with E-state index >= 15 is 0 Å². The maximum absolute atomic E-state index is 4.57. The largest absolute Gasteiger partial charge is 0.324 e. The summed E-state index contributed by atoms with van der Waals surface area (Å²) in [4.78, 5) is 17.6. The Kier molecular flexibility index (Phi) is 2.93. The molecule has 0 aliphatic heterocycles. The number of rotatable bonds is 3. The summed E-state index contributed by atoms with van der Waals surface area (Å²) in [5, 5.41) is 0. The smallest absolute Gasteiger partial charge is 0.159 e. The molecule has 4 aromatic heterocycles. The van der Waals surface area contributed by atoms with Crippen molar-refractivity contribution in [3.05, 3.63) is 66.8 Å². The molecule has 4 aromatic rings. The highest BCUT2D eigenvalue weighted by molar-refractivity contribution is 5.50. The molecule has 6 heteroatoms. The van der Waals surface area contributed by atoms with Crippen LogP contribution >= 0.6 is 0 Å². The average molecular weight is 290 g/mol. The van der Waals surface area contributed by atoms with E-state index in [2.05, 4.69) is 24.5 Å². The first kappa shape index (κ1) is 12.7. The minimum atomic E-state index is 0.645. The van der Waals surface area contributed by atoms with Crippen LogP contribution in [0.3, 0.4) is 0 Å². The van der Waals surface area contributed by atoms with E-state index in [1.165, 1.54) is 0 Å². The number of fused-ring (bicyclic) bond motifs is 1. The fraction of sp³-hybridized carbons (Fsp3) is 0.125. The van der Waals surface area contributed by atoms with Gasteiger partial charge in [-0.05, 0) is 19.1 Å². The molecule has 108 valence electrons. The van der Waals surface area contributed by atoms with Crippen LogP contribution in [-0.4, -0.2) is 28.9 Å². The van der Waals surface area contributed by atoms with Gasteiger partial charge in [0.1, 0.15) is 5.69 Å². The lowest BCUT2D eigenvalue weighted by atomic mass is 10.3. The molecule has 0 bridgehead atoms. The second-order valence-corrected chi connectivity index (χ2v) is 5.12. The van der Waals surface area contributed by atoms with Crippen molar-refractivity contribution in [1.82, 2.24) is 28.9 Å². The van der Waals surface area contributed by atoms with Gasteiger partial charge in [0.2, 0.25) is 0 Å². The number of aromatic nitrogens is 6. The SMILES string of the molecule is Cc1cccc(-c2nccn2Cc2cn3ccncc3n2)n1. The van der Waals surface area contributed by atoms with Crippen molar-refractivity contribution in [3.8, 4) is 11.5 Å². The molecule has 0 saturated heterocycles. The fourth-order valence-corrected chi connectivity index (χ4v) is 2.48. The molecule has 0 aromatic carbocycles. The molecule has 4 rings (SSSR count). The maximum atomic E-state index is 4.57. The van der Waals surface area contributed by atoms with Gasteiger partial charge in [-0.25, -0.2) is 15.0 Å². The Morgan fingerprint density at radius 1 is 1.09 bits per heavy atom. The van der Waals surface area contributed by atoms with Crippen molar-refractivity contribution >= 4 is 5.65 Å². The molecule has 0 N–H and O–H groups in total. The lowest BCUT2D eigenvalue weighted by Crippen LogP contribution is -2.02. The van der Waals surface area contributed by atoms with Crippen LogP contribution in [0, 0.1) is 6.92 Å². The van der Waals surface area contributed by atoms with Crippen molar-refractivity contribution in [1.29, 1.82) is 0 Å². The molecule has 0 saturated carbocycles. The lowest BCUT2D eigenvalue weighted by Gasteiger charge is -2.06. The van der Waals surface area contributed by atoms with Crippen LogP contribution in [-0.2, 0) is 6.54 Å². The highest BCUT2D eigenvalue weighted by Gasteiger charge is 2.09. The Bertz CT molecular complexity index is 903. The second kappa shape index (κ2) is 5.07. The molecule has 0 spiro atoms. The van der Waals surface area contributed by atoms with Crippen molar-refractivity contribution in [2.24, 2.45) is 0 Å². The summed E-state index contributed by atoms with van der Waals surface area (Å²) in [5.74, 6) is 0.846. The first-order chi connectivity index (χ1) is 10.8. The van der Waals surface area contributed by atoms with Crippen LogP contribution in [0.1, 0.15) is 11.4 Å². The van der Waals surface area contributed by atoms with Crippen molar-refractivity contribution < 1.29 is 0 Å². The number of hydrogen-bond acceptors (Lipinski definition) is 4. The minimum absolute atomic E-state index is 0.645. The van der Waals surface area contributed by atoms with Gasteiger partial charge < -0.3 is 8.97 Å². The van der Waals surface area contributed by atoms with E-state index in [1.807, 2.05) is 48.1 Å². The molecule has 0 aliphatic carbocycles. The maximum Gasteiger partial charge on any atom is 0.159 e. The topological polar surface area (TPSA) is 60.9 Å². The van der Waals surface area contributed by atoms with E-state index in [0.717, 1.165) is 28.6 Å². The zero-order valence-electron chi connectivity index (χ0n) is 12.1. The van der Waals surface area contributed by atoms with Crippen LogP contribution in [0.5, 0.6) is 0 Å². The van der Waals surface area contributed by atoms with E-state index in [9.17, 15) is 0 Å². The molecule has 4 heterocycles. The number of aryl methyl sites for hydroxylation is 1. The summed E-state index contributed by atoms with van der Waals surface area (Å²) in [5.41, 5.74) is 3.65. The molecule has 0 atom stereocenters. The Hall–Kier alpha value is -3.02. The molecular weight excluding hydrogens is 276 g/mol. The summed E-state index contributed by atoms with van der Waals surface area (Å²) in [7, 11) is 0. The zero-order valence-corrected chi connectivity index (χ0v) is 12.1. The van der Waals surface area contributed by atoms with E-state index in [1.54, 1.807) is 18.6 Å². The third kappa shape index (κ3) is 2.24. The quantitative estimate of drug-likeness (QED) is 0.581. The molecule has 0 aliphatic rings. The highest BCUT2D eigenvalue weighted by atomic mass is 15.1. The first-order valence-corrected chi connectivity index (χ1v) is 7.02. The summed E-state index contributed by atoms with van der Waals surface area (Å²) >= 11 is 0. The molecular formula is C16H14N6. The van der Waals surface area contributed by atoms with Crippen molar-refractivity contribution in [3.63, 3.8) is 0 Å². The van der Waals surface area contributed by atoms with Crippen molar-refractivity contribution in [2.75, 3.05) is 0 Å². The van der Waals surface area contributed by atoms with Gasteiger partial charge in [0.15, 0.2) is 11.5 Å². The first-order valence-electron chi connectivity index (χ1n) is 7.02. The van der Waals surface area contributed by atoms with Gasteiger partial charge in [0.05, 0.1) is 18.4 Å². The van der Waals surface area contributed by atoms with Crippen LogP contribution < -0.4 is 0 Å². The molecule has 22 heavy (non-hydrogen) atoms. The Balaban J connectivity index is 1.70. The number of hydrogen-bond donors (Lipinski definition) is 0.